The minimum Gasteiger partial charge on any atom is -0.455 e. The van der Waals surface area contributed by atoms with Crippen molar-refractivity contribution in [3.8, 4) is 0 Å². The summed E-state index contributed by atoms with van der Waals surface area (Å²) in [6.07, 6.45) is 1.65. The second-order valence-corrected chi connectivity index (χ2v) is 3.55. The normalized spacial score (nSPS) is 14.4. The lowest BCUT2D eigenvalue weighted by atomic mass is 10.1. The molecule has 0 fully saturated rings. The third-order valence-electron chi connectivity index (χ3n) is 2.30. The standard InChI is InChI=1S/C11H20O4/c1-5-10(14-4)6-7-11(8(2)12)15-9(3)13/h10-11H,5-7H2,1-4H3. The third kappa shape index (κ3) is 6.23. The molecule has 0 aliphatic heterocycles. The molecule has 0 aromatic carbocycles. The number of hydrogen-bond donors (Lipinski definition) is 0. The van der Waals surface area contributed by atoms with E-state index in [9.17, 15) is 9.59 Å². The molecule has 0 aromatic heterocycles. The van der Waals surface area contributed by atoms with Crippen molar-refractivity contribution in [2.75, 3.05) is 7.11 Å². The van der Waals surface area contributed by atoms with Crippen LogP contribution in [0.25, 0.3) is 0 Å². The van der Waals surface area contributed by atoms with E-state index in [2.05, 4.69) is 0 Å². The molecule has 4 nitrogen and oxygen atoms in total. The summed E-state index contributed by atoms with van der Waals surface area (Å²) in [5.41, 5.74) is 0. The molecule has 0 aliphatic carbocycles. The molecule has 0 spiro atoms. The molecule has 0 radical (unpaired) electrons. The molecule has 0 saturated heterocycles. The number of carbonyl (C=O) groups excluding carboxylic acids is 2. The third-order valence-corrected chi connectivity index (χ3v) is 2.30. The number of rotatable bonds is 7. The van der Waals surface area contributed by atoms with Gasteiger partial charge in [-0.15, -0.1) is 0 Å². The molecule has 0 heterocycles. The lowest BCUT2D eigenvalue weighted by molar-refractivity contribution is -0.153. The smallest absolute Gasteiger partial charge is 0.303 e. The van der Waals surface area contributed by atoms with Gasteiger partial charge in [-0.05, 0) is 26.2 Å². The molecule has 4 heteroatoms. The van der Waals surface area contributed by atoms with Crippen molar-refractivity contribution >= 4 is 11.8 Å². The number of carbonyl (C=O) groups is 2. The summed E-state index contributed by atoms with van der Waals surface area (Å²) in [6, 6.07) is 0. The number of esters is 1. The maximum atomic E-state index is 11.2. The van der Waals surface area contributed by atoms with E-state index in [1.54, 1.807) is 7.11 Å². The zero-order chi connectivity index (χ0) is 11.8. The van der Waals surface area contributed by atoms with Gasteiger partial charge < -0.3 is 9.47 Å². The largest absolute Gasteiger partial charge is 0.455 e. The number of hydrogen-bond acceptors (Lipinski definition) is 4. The highest BCUT2D eigenvalue weighted by Gasteiger charge is 2.18. The number of ketones is 1. The van der Waals surface area contributed by atoms with Gasteiger partial charge >= 0.3 is 5.97 Å². The van der Waals surface area contributed by atoms with E-state index in [0.717, 1.165) is 12.8 Å². The van der Waals surface area contributed by atoms with Crippen molar-refractivity contribution in [1.29, 1.82) is 0 Å². The van der Waals surface area contributed by atoms with Gasteiger partial charge in [-0.3, -0.25) is 9.59 Å². The van der Waals surface area contributed by atoms with Gasteiger partial charge in [0.05, 0.1) is 6.10 Å². The number of ether oxygens (including phenoxy) is 2. The molecule has 2 unspecified atom stereocenters. The van der Waals surface area contributed by atoms with Crippen LogP contribution in [-0.4, -0.2) is 31.1 Å². The zero-order valence-electron chi connectivity index (χ0n) is 9.91. The molecule has 0 amide bonds. The monoisotopic (exact) mass is 216 g/mol. The Morgan fingerprint density at radius 1 is 1.20 bits per heavy atom. The van der Waals surface area contributed by atoms with Gasteiger partial charge in [0.2, 0.25) is 0 Å². The molecule has 0 aromatic rings. The maximum absolute atomic E-state index is 11.2. The summed E-state index contributed by atoms with van der Waals surface area (Å²) >= 11 is 0. The Labute approximate surface area is 90.9 Å². The van der Waals surface area contributed by atoms with Gasteiger partial charge in [-0.25, -0.2) is 0 Å². The zero-order valence-corrected chi connectivity index (χ0v) is 9.91. The summed E-state index contributed by atoms with van der Waals surface area (Å²) in [5, 5.41) is 0. The molecule has 88 valence electrons. The molecular formula is C11H20O4. The summed E-state index contributed by atoms with van der Waals surface area (Å²) in [6.45, 7) is 4.76. The fraction of sp³-hybridized carbons (Fsp3) is 0.818. The first kappa shape index (κ1) is 14.1. The highest BCUT2D eigenvalue weighted by atomic mass is 16.5. The van der Waals surface area contributed by atoms with Crippen molar-refractivity contribution in [3.05, 3.63) is 0 Å². The minimum absolute atomic E-state index is 0.115. The average Bonchev–Trinajstić information content (AvgIpc) is 2.16. The lowest BCUT2D eigenvalue weighted by Crippen LogP contribution is -2.26. The molecular weight excluding hydrogens is 196 g/mol. The Kier molecular flexibility index (Phi) is 6.96. The van der Waals surface area contributed by atoms with Gasteiger partial charge in [0.1, 0.15) is 0 Å². The first-order valence-corrected chi connectivity index (χ1v) is 5.21. The van der Waals surface area contributed by atoms with Gasteiger partial charge in [0, 0.05) is 14.0 Å². The van der Waals surface area contributed by atoms with E-state index in [0.29, 0.717) is 6.42 Å². The maximum Gasteiger partial charge on any atom is 0.303 e. The van der Waals surface area contributed by atoms with Gasteiger partial charge in [0.25, 0.3) is 0 Å². The second kappa shape index (κ2) is 7.40. The van der Waals surface area contributed by atoms with Gasteiger partial charge in [-0.1, -0.05) is 6.92 Å². The van der Waals surface area contributed by atoms with Crippen LogP contribution in [-0.2, 0) is 19.1 Å². The summed E-state index contributed by atoms with van der Waals surface area (Å²) in [5.74, 6) is -0.531. The van der Waals surface area contributed by atoms with Crippen LogP contribution in [0.5, 0.6) is 0 Å². The van der Waals surface area contributed by atoms with Crippen LogP contribution >= 0.6 is 0 Å². The van der Waals surface area contributed by atoms with Crippen molar-refractivity contribution in [2.45, 2.75) is 52.2 Å². The molecule has 0 aliphatic rings. The number of Topliss-reactive ketones (excluding diaryl/α,β-unsaturated/α-hetero) is 1. The highest BCUT2D eigenvalue weighted by molar-refractivity contribution is 5.82. The highest BCUT2D eigenvalue weighted by Crippen LogP contribution is 2.11. The van der Waals surface area contributed by atoms with Crippen LogP contribution in [0.3, 0.4) is 0 Å². The van der Waals surface area contributed by atoms with E-state index in [-0.39, 0.29) is 11.9 Å². The fourth-order valence-electron chi connectivity index (χ4n) is 1.37. The van der Waals surface area contributed by atoms with Gasteiger partial charge in [0.15, 0.2) is 11.9 Å². The van der Waals surface area contributed by atoms with E-state index in [1.165, 1.54) is 13.8 Å². The predicted octanol–water partition coefficient (Wildman–Crippen LogP) is 1.71. The van der Waals surface area contributed by atoms with E-state index in [1.807, 2.05) is 6.92 Å². The van der Waals surface area contributed by atoms with Crippen LogP contribution in [0.1, 0.15) is 40.0 Å². The SMILES string of the molecule is CCC(CCC(OC(C)=O)C(C)=O)OC. The van der Waals surface area contributed by atoms with E-state index < -0.39 is 12.1 Å². The lowest BCUT2D eigenvalue weighted by Gasteiger charge is -2.17. The Balaban J connectivity index is 4.06. The van der Waals surface area contributed by atoms with Crippen LogP contribution in [0.4, 0.5) is 0 Å². The van der Waals surface area contributed by atoms with Crippen LogP contribution < -0.4 is 0 Å². The average molecular weight is 216 g/mol. The summed E-state index contributed by atoms with van der Waals surface area (Å²) in [7, 11) is 1.64. The Morgan fingerprint density at radius 2 is 1.80 bits per heavy atom. The van der Waals surface area contributed by atoms with Crippen molar-refractivity contribution in [3.63, 3.8) is 0 Å². The molecule has 15 heavy (non-hydrogen) atoms. The van der Waals surface area contributed by atoms with Crippen molar-refractivity contribution in [2.24, 2.45) is 0 Å². The van der Waals surface area contributed by atoms with E-state index >= 15 is 0 Å². The Morgan fingerprint density at radius 3 is 2.13 bits per heavy atom. The summed E-state index contributed by atoms with van der Waals surface area (Å²) < 4.78 is 10.1. The fourth-order valence-corrected chi connectivity index (χ4v) is 1.37. The van der Waals surface area contributed by atoms with Crippen LogP contribution in [0, 0.1) is 0 Å². The quantitative estimate of drug-likeness (QED) is 0.608. The van der Waals surface area contributed by atoms with E-state index in [4.69, 9.17) is 9.47 Å². The molecule has 0 N–H and O–H groups in total. The molecule has 0 saturated carbocycles. The first-order valence-electron chi connectivity index (χ1n) is 5.21. The van der Waals surface area contributed by atoms with Crippen LogP contribution in [0.2, 0.25) is 0 Å². The summed E-state index contributed by atoms with van der Waals surface area (Å²) in [4.78, 5) is 21.9. The Bertz CT molecular complexity index is 209. The van der Waals surface area contributed by atoms with Crippen molar-refractivity contribution < 1.29 is 19.1 Å². The number of methoxy groups -OCH3 is 1. The first-order chi connectivity index (χ1) is 7.01. The second-order valence-electron chi connectivity index (χ2n) is 3.55. The minimum atomic E-state index is -0.619. The van der Waals surface area contributed by atoms with Gasteiger partial charge in [-0.2, -0.15) is 0 Å². The molecule has 2 atom stereocenters. The predicted molar refractivity (Wildman–Crippen MR) is 56.6 cm³/mol. The topological polar surface area (TPSA) is 52.6 Å². The van der Waals surface area contributed by atoms with Crippen LogP contribution in [0.15, 0.2) is 0 Å². The Hall–Kier alpha value is -0.900. The molecule has 0 bridgehead atoms. The van der Waals surface area contributed by atoms with Crippen molar-refractivity contribution in [1.82, 2.24) is 0 Å². The molecule has 0 rings (SSSR count).